The van der Waals surface area contributed by atoms with E-state index in [4.69, 9.17) is 9.47 Å². The highest BCUT2D eigenvalue weighted by molar-refractivity contribution is 5.95. The van der Waals surface area contributed by atoms with Crippen LogP contribution in [0.25, 0.3) is 0 Å². The van der Waals surface area contributed by atoms with E-state index >= 15 is 0 Å². The maximum absolute atomic E-state index is 11.6. The van der Waals surface area contributed by atoms with Gasteiger partial charge in [-0.1, -0.05) is 12.8 Å². The smallest absolute Gasteiger partial charge is 0.328 e. The second-order valence-corrected chi connectivity index (χ2v) is 4.78. The summed E-state index contributed by atoms with van der Waals surface area (Å²) < 4.78 is 11.7. The lowest BCUT2D eigenvalue weighted by atomic mass is 9.93. The molecule has 2 saturated heterocycles. The van der Waals surface area contributed by atoms with E-state index in [0.29, 0.717) is 0 Å². The number of imide groups is 1. The first kappa shape index (κ1) is 11.0. The van der Waals surface area contributed by atoms with E-state index in [2.05, 4.69) is 5.32 Å². The number of fused-ring (bicyclic) bond motifs is 2. The topological polar surface area (TPSA) is 67.9 Å². The third-order valence-corrected chi connectivity index (χ3v) is 3.61. The van der Waals surface area contributed by atoms with Crippen LogP contribution in [0.5, 0.6) is 0 Å². The largest absolute Gasteiger partial charge is 0.348 e. The summed E-state index contributed by atoms with van der Waals surface area (Å²) in [5.41, 5.74) is 0. The van der Waals surface area contributed by atoms with Crippen LogP contribution < -0.4 is 5.32 Å². The zero-order chi connectivity index (χ0) is 12.0. The fraction of sp³-hybridized carbons (Fsp3) is 0.818. The summed E-state index contributed by atoms with van der Waals surface area (Å²) in [6, 6.07) is -0.425. The lowest BCUT2D eigenvalue weighted by Crippen LogP contribution is -2.54. The predicted molar refractivity (Wildman–Crippen MR) is 56.8 cm³/mol. The molecule has 2 aliphatic heterocycles. The van der Waals surface area contributed by atoms with Crippen LogP contribution in [0.2, 0.25) is 0 Å². The molecule has 6 heteroatoms. The lowest BCUT2D eigenvalue weighted by Gasteiger charge is -2.41. The second-order valence-electron chi connectivity index (χ2n) is 4.78. The van der Waals surface area contributed by atoms with Gasteiger partial charge in [0, 0.05) is 6.92 Å². The van der Waals surface area contributed by atoms with Gasteiger partial charge in [0.1, 0.15) is 0 Å². The van der Waals surface area contributed by atoms with E-state index in [1.165, 1.54) is 6.92 Å². The maximum Gasteiger partial charge on any atom is 0.328 e. The first-order chi connectivity index (χ1) is 8.16. The predicted octanol–water partition coefficient (Wildman–Crippen LogP) is 0.568. The van der Waals surface area contributed by atoms with Gasteiger partial charge in [0.25, 0.3) is 0 Å². The number of rotatable bonds is 0. The molecule has 0 radical (unpaired) electrons. The van der Waals surface area contributed by atoms with Crippen molar-refractivity contribution in [1.29, 1.82) is 0 Å². The molecular weight excluding hydrogens is 224 g/mol. The molecule has 0 aromatic rings. The first-order valence-corrected chi connectivity index (χ1v) is 6.08. The van der Waals surface area contributed by atoms with Gasteiger partial charge in [0.05, 0.1) is 12.2 Å². The van der Waals surface area contributed by atoms with Crippen molar-refractivity contribution in [2.24, 2.45) is 0 Å². The lowest BCUT2D eigenvalue weighted by molar-refractivity contribution is -0.248. The molecule has 0 aromatic carbocycles. The Kier molecular flexibility index (Phi) is 2.56. The van der Waals surface area contributed by atoms with Crippen molar-refractivity contribution in [2.75, 3.05) is 0 Å². The number of hydrogen-bond donors (Lipinski definition) is 1. The van der Waals surface area contributed by atoms with Crippen molar-refractivity contribution in [3.05, 3.63) is 0 Å². The molecule has 3 aliphatic rings. The molecule has 2 heterocycles. The SMILES string of the molecule is CC(=O)N1C(=O)N[C@@H]2O[C@H]3CCCC[C@H]3O[C@@H]21. The van der Waals surface area contributed by atoms with E-state index in [0.717, 1.165) is 30.6 Å². The van der Waals surface area contributed by atoms with Crippen molar-refractivity contribution in [1.82, 2.24) is 10.2 Å². The number of nitrogens with zero attached hydrogens (tertiary/aromatic N) is 1. The van der Waals surface area contributed by atoms with Gasteiger partial charge in [-0.3, -0.25) is 4.79 Å². The van der Waals surface area contributed by atoms with Gasteiger partial charge in [0.2, 0.25) is 5.91 Å². The van der Waals surface area contributed by atoms with Crippen LogP contribution in [0.4, 0.5) is 4.79 Å². The standard InChI is InChI=1S/C11H16N2O4/c1-6(14)13-10-9(12-11(13)15)16-7-4-2-3-5-8(7)17-10/h7-10H,2-5H2,1H3,(H,12,15)/t7-,8+,9+,10-/m0/s1. The Morgan fingerprint density at radius 2 is 1.94 bits per heavy atom. The van der Waals surface area contributed by atoms with Crippen LogP contribution in [0, 0.1) is 0 Å². The summed E-state index contributed by atoms with van der Waals surface area (Å²) in [5.74, 6) is -0.312. The number of carbonyl (C=O) groups excluding carboxylic acids is 2. The molecule has 0 bridgehead atoms. The van der Waals surface area contributed by atoms with Gasteiger partial charge in [-0.15, -0.1) is 0 Å². The average molecular weight is 240 g/mol. The van der Waals surface area contributed by atoms with Crippen LogP contribution in [-0.2, 0) is 14.3 Å². The zero-order valence-electron chi connectivity index (χ0n) is 9.72. The summed E-state index contributed by atoms with van der Waals surface area (Å²) in [5, 5.41) is 2.64. The Balaban J connectivity index is 1.80. The van der Waals surface area contributed by atoms with Crippen LogP contribution in [0.15, 0.2) is 0 Å². The van der Waals surface area contributed by atoms with Gasteiger partial charge in [0.15, 0.2) is 12.5 Å². The van der Waals surface area contributed by atoms with Gasteiger partial charge in [-0.2, -0.15) is 0 Å². The molecule has 0 unspecified atom stereocenters. The Morgan fingerprint density at radius 3 is 2.59 bits per heavy atom. The first-order valence-electron chi connectivity index (χ1n) is 6.08. The van der Waals surface area contributed by atoms with Gasteiger partial charge in [-0.25, -0.2) is 9.69 Å². The monoisotopic (exact) mass is 240 g/mol. The Morgan fingerprint density at radius 1 is 1.29 bits per heavy atom. The van der Waals surface area contributed by atoms with Gasteiger partial charge < -0.3 is 14.8 Å². The van der Waals surface area contributed by atoms with Crippen LogP contribution in [-0.4, -0.2) is 41.5 Å². The fourth-order valence-electron chi connectivity index (χ4n) is 2.81. The van der Waals surface area contributed by atoms with E-state index in [9.17, 15) is 9.59 Å². The van der Waals surface area contributed by atoms with Crippen molar-refractivity contribution >= 4 is 11.9 Å². The van der Waals surface area contributed by atoms with E-state index in [1.54, 1.807) is 0 Å². The minimum absolute atomic E-state index is 0.0135. The van der Waals surface area contributed by atoms with Crippen LogP contribution in [0.3, 0.4) is 0 Å². The molecule has 1 N–H and O–H groups in total. The molecule has 17 heavy (non-hydrogen) atoms. The normalized spacial score (nSPS) is 40.5. The third-order valence-electron chi connectivity index (χ3n) is 3.61. The number of nitrogens with one attached hydrogen (secondary N) is 1. The molecule has 3 amide bonds. The second kappa shape index (κ2) is 3.96. The molecule has 6 nitrogen and oxygen atoms in total. The van der Waals surface area contributed by atoms with Crippen molar-refractivity contribution < 1.29 is 19.1 Å². The molecule has 0 aromatic heterocycles. The molecule has 3 rings (SSSR count). The molecule has 1 aliphatic carbocycles. The minimum atomic E-state index is -0.598. The van der Waals surface area contributed by atoms with Crippen LogP contribution >= 0.6 is 0 Å². The minimum Gasteiger partial charge on any atom is -0.348 e. The molecule has 0 spiro atoms. The Bertz CT molecular complexity index is 359. The average Bonchev–Trinajstić information content (AvgIpc) is 2.60. The molecule has 3 fully saturated rings. The van der Waals surface area contributed by atoms with Gasteiger partial charge in [-0.05, 0) is 12.8 Å². The molecule has 4 atom stereocenters. The fourth-order valence-corrected chi connectivity index (χ4v) is 2.81. The highest BCUT2D eigenvalue weighted by Crippen LogP contribution is 2.33. The number of hydrogen-bond acceptors (Lipinski definition) is 4. The zero-order valence-corrected chi connectivity index (χ0v) is 9.72. The number of ether oxygens (including phenoxy) is 2. The van der Waals surface area contributed by atoms with Crippen molar-refractivity contribution in [3.8, 4) is 0 Å². The third kappa shape index (κ3) is 1.71. The Labute approximate surface area is 99.2 Å². The number of urea groups is 1. The summed E-state index contributed by atoms with van der Waals surface area (Å²) in [6.45, 7) is 1.36. The van der Waals surface area contributed by atoms with Crippen LogP contribution in [0.1, 0.15) is 32.6 Å². The number of carbonyl (C=O) groups is 2. The van der Waals surface area contributed by atoms with E-state index in [-0.39, 0.29) is 18.1 Å². The highest BCUT2D eigenvalue weighted by atomic mass is 16.6. The molecule has 94 valence electrons. The van der Waals surface area contributed by atoms with Crippen molar-refractivity contribution in [3.63, 3.8) is 0 Å². The molecule has 1 saturated carbocycles. The highest BCUT2D eigenvalue weighted by Gasteiger charge is 2.50. The summed E-state index contributed by atoms with van der Waals surface area (Å²) in [6.07, 6.45) is 3.11. The molecular formula is C11H16N2O4. The summed E-state index contributed by atoms with van der Waals surface area (Å²) >= 11 is 0. The maximum atomic E-state index is 11.6. The Hall–Kier alpha value is -1.14. The number of amides is 3. The van der Waals surface area contributed by atoms with Gasteiger partial charge >= 0.3 is 6.03 Å². The van der Waals surface area contributed by atoms with E-state index < -0.39 is 18.5 Å². The van der Waals surface area contributed by atoms with Crippen molar-refractivity contribution in [2.45, 2.75) is 57.3 Å². The quantitative estimate of drug-likeness (QED) is 0.672. The summed E-state index contributed by atoms with van der Waals surface area (Å²) in [4.78, 5) is 24.1. The summed E-state index contributed by atoms with van der Waals surface area (Å²) in [7, 11) is 0. The van der Waals surface area contributed by atoms with E-state index in [1.807, 2.05) is 0 Å².